The van der Waals surface area contributed by atoms with E-state index in [2.05, 4.69) is 14.9 Å². The summed E-state index contributed by atoms with van der Waals surface area (Å²) in [5, 5.41) is 11.3. The maximum atomic E-state index is 15.7. The molecule has 0 radical (unpaired) electrons. The van der Waals surface area contributed by atoms with Crippen molar-refractivity contribution in [3.05, 3.63) is 59.4 Å². The van der Waals surface area contributed by atoms with E-state index in [9.17, 15) is 10.0 Å². The minimum Gasteiger partial charge on any atom is -0.497 e. The van der Waals surface area contributed by atoms with E-state index in [4.69, 9.17) is 16.3 Å². The van der Waals surface area contributed by atoms with Crippen LogP contribution in [0.25, 0.3) is 10.9 Å². The lowest BCUT2D eigenvalue weighted by Gasteiger charge is -2.40. The number of thioether (sulfide) groups is 1. The highest BCUT2D eigenvalue weighted by Gasteiger charge is 2.41. The van der Waals surface area contributed by atoms with E-state index in [1.165, 1.54) is 6.20 Å². The van der Waals surface area contributed by atoms with Gasteiger partial charge in [-0.25, -0.2) is 14.9 Å². The van der Waals surface area contributed by atoms with Crippen LogP contribution in [0.5, 0.6) is 5.75 Å². The summed E-state index contributed by atoms with van der Waals surface area (Å²) < 4.78 is 21.0. The number of hydroxylamine groups is 1. The molecule has 0 saturated carbocycles. The molecular weight excluding hydrogens is 503 g/mol. The maximum Gasteiger partial charge on any atom is 0.249 e. The lowest BCUT2D eigenvalue weighted by molar-refractivity contribution is -0.143. The Bertz CT molecular complexity index is 1180. The molecule has 1 aliphatic rings. The number of alkyl halides is 1. The smallest absolute Gasteiger partial charge is 0.249 e. The summed E-state index contributed by atoms with van der Waals surface area (Å²) in [6.07, 6.45) is 3.31. The van der Waals surface area contributed by atoms with E-state index in [-0.39, 0.29) is 11.4 Å². The van der Waals surface area contributed by atoms with Crippen LogP contribution in [0.1, 0.15) is 37.4 Å². The molecule has 1 aliphatic heterocycles. The number of benzene rings is 1. The Balaban J connectivity index is 1.40. The van der Waals surface area contributed by atoms with Crippen molar-refractivity contribution in [2.75, 3.05) is 32.5 Å². The first-order valence-corrected chi connectivity index (χ1v) is 13.3. The number of nitrogens with one attached hydrogen (secondary N) is 1. The van der Waals surface area contributed by atoms with Crippen molar-refractivity contribution in [1.29, 1.82) is 0 Å². The number of pyridine rings is 2. The van der Waals surface area contributed by atoms with E-state index >= 15 is 4.39 Å². The van der Waals surface area contributed by atoms with Gasteiger partial charge in [-0.3, -0.25) is 15.0 Å². The standard InChI is InChI=1S/C26H30ClFN4O3S/c1-35-18-5-6-22-19(16-18)24(20(27)17-30-22)21(28)7-8-26(25(33)31-34)9-12-32(13-10-26)14-15-36-23-4-2-3-11-29-23/h2-6,11,16-17,21,34H,7-10,12-15H2,1H3,(H,31,33)/t21-/m1/s1. The van der Waals surface area contributed by atoms with Gasteiger partial charge in [-0.05, 0) is 69.1 Å². The van der Waals surface area contributed by atoms with Gasteiger partial charge in [0.2, 0.25) is 5.91 Å². The molecule has 0 aliphatic carbocycles. The summed E-state index contributed by atoms with van der Waals surface area (Å²) in [5.41, 5.74) is 1.97. The summed E-state index contributed by atoms with van der Waals surface area (Å²) in [4.78, 5) is 23.7. The Morgan fingerprint density at radius 1 is 1.31 bits per heavy atom. The van der Waals surface area contributed by atoms with Crippen molar-refractivity contribution < 1.29 is 19.1 Å². The molecule has 1 saturated heterocycles. The van der Waals surface area contributed by atoms with Gasteiger partial charge in [-0.15, -0.1) is 11.8 Å². The number of amides is 1. The number of rotatable bonds is 10. The molecule has 1 atom stereocenters. The summed E-state index contributed by atoms with van der Waals surface area (Å²) in [6, 6.07) is 11.1. The fourth-order valence-electron chi connectivity index (χ4n) is 4.79. The van der Waals surface area contributed by atoms with Crippen LogP contribution >= 0.6 is 23.4 Å². The van der Waals surface area contributed by atoms with Gasteiger partial charge in [0, 0.05) is 35.6 Å². The fourth-order valence-corrected chi connectivity index (χ4v) is 5.92. The first-order chi connectivity index (χ1) is 17.5. The zero-order chi connectivity index (χ0) is 25.5. The number of methoxy groups -OCH3 is 1. The molecule has 1 aromatic carbocycles. The highest BCUT2D eigenvalue weighted by molar-refractivity contribution is 7.99. The third kappa shape index (κ3) is 6.08. The van der Waals surface area contributed by atoms with Crippen LogP contribution in [0.2, 0.25) is 5.02 Å². The van der Waals surface area contributed by atoms with Crippen molar-refractivity contribution >= 4 is 40.2 Å². The number of halogens is 2. The van der Waals surface area contributed by atoms with Gasteiger partial charge in [0.1, 0.15) is 11.9 Å². The molecule has 2 N–H and O–H groups in total. The van der Waals surface area contributed by atoms with Crippen molar-refractivity contribution in [3.63, 3.8) is 0 Å². The molecule has 10 heteroatoms. The van der Waals surface area contributed by atoms with Crippen LogP contribution in [0.3, 0.4) is 0 Å². The normalized spacial score (nSPS) is 16.6. The third-order valence-electron chi connectivity index (χ3n) is 6.95. The summed E-state index contributed by atoms with van der Waals surface area (Å²) >= 11 is 8.07. The van der Waals surface area contributed by atoms with Crippen LogP contribution in [-0.2, 0) is 4.79 Å². The van der Waals surface area contributed by atoms with Gasteiger partial charge < -0.3 is 9.64 Å². The zero-order valence-corrected chi connectivity index (χ0v) is 21.7. The number of ether oxygens (including phenoxy) is 1. The number of carbonyl (C=O) groups excluding carboxylic acids is 1. The molecule has 4 rings (SSSR count). The number of likely N-dealkylation sites (tertiary alicyclic amines) is 1. The Kier molecular flexibility index (Phi) is 9.00. The monoisotopic (exact) mass is 532 g/mol. The summed E-state index contributed by atoms with van der Waals surface area (Å²) in [6.45, 7) is 2.26. The molecule has 192 valence electrons. The molecule has 0 spiro atoms. The highest BCUT2D eigenvalue weighted by atomic mass is 35.5. The second-order valence-electron chi connectivity index (χ2n) is 8.99. The fraction of sp³-hybridized carbons (Fsp3) is 0.423. The predicted octanol–water partition coefficient (Wildman–Crippen LogP) is 5.46. The average molecular weight is 533 g/mol. The molecule has 36 heavy (non-hydrogen) atoms. The maximum absolute atomic E-state index is 15.7. The molecule has 0 bridgehead atoms. The van der Waals surface area contributed by atoms with E-state index in [0.717, 1.165) is 17.3 Å². The van der Waals surface area contributed by atoms with Crippen LogP contribution in [0.15, 0.2) is 53.8 Å². The number of hydrogen-bond acceptors (Lipinski definition) is 7. The van der Waals surface area contributed by atoms with Gasteiger partial charge in [-0.2, -0.15) is 0 Å². The second-order valence-corrected chi connectivity index (χ2v) is 10.5. The van der Waals surface area contributed by atoms with Gasteiger partial charge in [0.05, 0.1) is 28.1 Å². The van der Waals surface area contributed by atoms with Crippen molar-refractivity contribution in [2.45, 2.75) is 36.9 Å². The van der Waals surface area contributed by atoms with Crippen molar-refractivity contribution in [2.24, 2.45) is 5.41 Å². The Labute approximate surface area is 219 Å². The SMILES string of the molecule is COc1ccc2ncc(Cl)c([C@H](F)CCC3(C(=O)NO)CCN(CCSc4ccccn4)CC3)c2c1. The van der Waals surface area contributed by atoms with E-state index < -0.39 is 17.5 Å². The van der Waals surface area contributed by atoms with Gasteiger partial charge >= 0.3 is 0 Å². The van der Waals surface area contributed by atoms with Crippen LogP contribution in [0.4, 0.5) is 4.39 Å². The quantitative estimate of drug-likeness (QED) is 0.203. The molecule has 1 fully saturated rings. The molecule has 3 heterocycles. The van der Waals surface area contributed by atoms with Gasteiger partial charge in [-0.1, -0.05) is 17.7 Å². The van der Waals surface area contributed by atoms with Crippen LogP contribution < -0.4 is 10.2 Å². The molecule has 2 aromatic heterocycles. The van der Waals surface area contributed by atoms with Gasteiger partial charge in [0.15, 0.2) is 0 Å². The van der Waals surface area contributed by atoms with E-state index in [1.807, 2.05) is 23.7 Å². The molecule has 0 unspecified atom stereocenters. The second kappa shape index (κ2) is 12.2. The lowest BCUT2D eigenvalue weighted by Crippen LogP contribution is -2.48. The minimum absolute atomic E-state index is 0.0962. The van der Waals surface area contributed by atoms with Crippen LogP contribution in [0, 0.1) is 5.41 Å². The third-order valence-corrected chi connectivity index (χ3v) is 8.17. The number of carbonyl (C=O) groups is 1. The molecule has 1 amide bonds. The molecule has 3 aromatic rings. The predicted molar refractivity (Wildman–Crippen MR) is 139 cm³/mol. The largest absolute Gasteiger partial charge is 0.497 e. The van der Waals surface area contributed by atoms with Crippen LogP contribution in [-0.4, -0.2) is 58.5 Å². The van der Waals surface area contributed by atoms with Gasteiger partial charge in [0.25, 0.3) is 0 Å². The molecular formula is C26H30ClFN4O3S. The van der Waals surface area contributed by atoms with E-state index in [0.29, 0.717) is 54.6 Å². The lowest BCUT2D eigenvalue weighted by atomic mass is 9.73. The number of hydrogen-bond donors (Lipinski definition) is 2. The number of piperidine rings is 1. The van der Waals surface area contributed by atoms with Crippen molar-refractivity contribution in [3.8, 4) is 5.75 Å². The van der Waals surface area contributed by atoms with E-state index in [1.54, 1.807) is 43.3 Å². The summed E-state index contributed by atoms with van der Waals surface area (Å²) in [5.74, 6) is 1.02. The first kappa shape index (κ1) is 26.6. The number of fused-ring (bicyclic) bond motifs is 1. The zero-order valence-electron chi connectivity index (χ0n) is 20.1. The Hall–Kier alpha value is -2.46. The number of aromatic nitrogens is 2. The van der Waals surface area contributed by atoms with Crippen molar-refractivity contribution in [1.82, 2.24) is 20.3 Å². The minimum atomic E-state index is -1.40. The highest BCUT2D eigenvalue weighted by Crippen LogP contribution is 2.42. The number of nitrogens with zero attached hydrogens (tertiary/aromatic N) is 3. The Morgan fingerprint density at radius 2 is 2.11 bits per heavy atom. The summed E-state index contributed by atoms with van der Waals surface area (Å²) in [7, 11) is 1.55. The average Bonchev–Trinajstić information content (AvgIpc) is 2.92. The molecule has 7 nitrogen and oxygen atoms in total. The first-order valence-electron chi connectivity index (χ1n) is 11.9. The topological polar surface area (TPSA) is 87.6 Å². The Morgan fingerprint density at radius 3 is 2.81 bits per heavy atom.